The van der Waals surface area contributed by atoms with Gasteiger partial charge in [-0.2, -0.15) is 0 Å². The van der Waals surface area contributed by atoms with Gasteiger partial charge in [0.25, 0.3) is 0 Å². The second kappa shape index (κ2) is 7.52. The summed E-state index contributed by atoms with van der Waals surface area (Å²) in [4.78, 5) is 0. The highest BCUT2D eigenvalue weighted by atomic mass is 14.1. The van der Waals surface area contributed by atoms with Crippen molar-refractivity contribution in [1.82, 2.24) is 0 Å². The zero-order chi connectivity index (χ0) is 10.1. The summed E-state index contributed by atoms with van der Waals surface area (Å²) in [5.41, 5.74) is 0. The summed E-state index contributed by atoms with van der Waals surface area (Å²) in [6, 6.07) is 0. The molecule has 0 bridgehead atoms. The van der Waals surface area contributed by atoms with E-state index in [1.807, 2.05) is 0 Å². The zero-order valence-corrected chi connectivity index (χ0v) is 9.02. The van der Waals surface area contributed by atoms with Crippen molar-refractivity contribution in [1.29, 1.82) is 0 Å². The monoisotopic (exact) mass is 188 g/mol. The quantitative estimate of drug-likeness (QED) is 0.467. The van der Waals surface area contributed by atoms with Gasteiger partial charge >= 0.3 is 0 Å². The maximum atomic E-state index is 5.17. The summed E-state index contributed by atoms with van der Waals surface area (Å²) >= 11 is 0. The second-order valence-electron chi connectivity index (χ2n) is 4.07. The third-order valence-electron chi connectivity index (χ3n) is 2.78. The standard InChI is InChI=1S/C14H20/c1-2-3-4-5-6-8-11-14-12-9-7-10-13-14/h1,14H,3-7,9-10,12-13H2. The number of unbranched alkanes of at least 4 members (excludes halogenated alkanes) is 3. The van der Waals surface area contributed by atoms with E-state index in [2.05, 4.69) is 17.8 Å². The maximum absolute atomic E-state index is 5.17. The van der Waals surface area contributed by atoms with Crippen molar-refractivity contribution in [3.05, 3.63) is 0 Å². The molecule has 0 heteroatoms. The van der Waals surface area contributed by atoms with E-state index in [0.717, 1.165) is 19.3 Å². The Labute approximate surface area is 88.5 Å². The molecule has 0 aromatic carbocycles. The summed E-state index contributed by atoms with van der Waals surface area (Å²) in [6.45, 7) is 0. The maximum Gasteiger partial charge on any atom is 0.0202 e. The molecule has 0 radical (unpaired) electrons. The van der Waals surface area contributed by atoms with Crippen molar-refractivity contribution in [3.63, 3.8) is 0 Å². The fourth-order valence-electron chi connectivity index (χ4n) is 1.90. The molecule has 1 aliphatic rings. The van der Waals surface area contributed by atoms with Gasteiger partial charge in [0.15, 0.2) is 0 Å². The number of hydrogen-bond donors (Lipinski definition) is 0. The van der Waals surface area contributed by atoms with Crippen LogP contribution in [0.1, 0.15) is 57.8 Å². The molecule has 0 aliphatic heterocycles. The predicted molar refractivity (Wildman–Crippen MR) is 61.7 cm³/mol. The van der Waals surface area contributed by atoms with Crippen LogP contribution in [0.3, 0.4) is 0 Å². The molecule has 0 aromatic heterocycles. The van der Waals surface area contributed by atoms with E-state index < -0.39 is 0 Å². The average molecular weight is 188 g/mol. The summed E-state index contributed by atoms with van der Waals surface area (Å²) in [6.07, 6.45) is 16.3. The van der Waals surface area contributed by atoms with E-state index in [4.69, 9.17) is 6.42 Å². The van der Waals surface area contributed by atoms with Gasteiger partial charge in [0, 0.05) is 18.8 Å². The third-order valence-corrected chi connectivity index (χ3v) is 2.78. The van der Waals surface area contributed by atoms with E-state index >= 15 is 0 Å². The van der Waals surface area contributed by atoms with E-state index in [9.17, 15) is 0 Å². The van der Waals surface area contributed by atoms with Crippen LogP contribution in [0.15, 0.2) is 0 Å². The van der Waals surface area contributed by atoms with Crippen molar-refractivity contribution < 1.29 is 0 Å². The molecule has 0 heterocycles. The molecule has 0 unspecified atom stereocenters. The highest BCUT2D eigenvalue weighted by Gasteiger charge is 2.09. The van der Waals surface area contributed by atoms with Gasteiger partial charge in [0.05, 0.1) is 0 Å². The fourth-order valence-corrected chi connectivity index (χ4v) is 1.90. The van der Waals surface area contributed by atoms with Gasteiger partial charge in [-0.05, 0) is 25.7 Å². The van der Waals surface area contributed by atoms with Crippen LogP contribution in [-0.2, 0) is 0 Å². The van der Waals surface area contributed by atoms with E-state index in [0.29, 0.717) is 5.92 Å². The molecule has 1 rings (SSSR count). The van der Waals surface area contributed by atoms with Crippen LogP contribution in [-0.4, -0.2) is 0 Å². The molecule has 0 nitrogen and oxygen atoms in total. The summed E-state index contributed by atoms with van der Waals surface area (Å²) in [7, 11) is 0. The lowest BCUT2D eigenvalue weighted by Gasteiger charge is -2.15. The van der Waals surface area contributed by atoms with Crippen molar-refractivity contribution in [3.8, 4) is 24.2 Å². The number of rotatable bonds is 3. The molecule has 1 saturated carbocycles. The Morgan fingerprint density at radius 3 is 2.43 bits per heavy atom. The van der Waals surface area contributed by atoms with E-state index in [-0.39, 0.29) is 0 Å². The summed E-state index contributed by atoms with van der Waals surface area (Å²) in [5.74, 6) is 10.1. The average Bonchev–Trinajstić information content (AvgIpc) is 2.25. The smallest absolute Gasteiger partial charge is 0.0202 e. The van der Waals surface area contributed by atoms with Gasteiger partial charge in [-0.3, -0.25) is 0 Å². The SMILES string of the molecule is C#CCCCCC#CC1CCCCC1. The lowest BCUT2D eigenvalue weighted by atomic mass is 9.90. The predicted octanol–water partition coefficient (Wildman–Crippen LogP) is 3.76. The Kier molecular flexibility index (Phi) is 6.01. The van der Waals surface area contributed by atoms with Gasteiger partial charge in [-0.25, -0.2) is 0 Å². The molecule has 0 atom stereocenters. The Bertz CT molecular complexity index is 227. The van der Waals surface area contributed by atoms with Gasteiger partial charge in [-0.1, -0.05) is 25.2 Å². The normalized spacial score (nSPS) is 16.8. The van der Waals surface area contributed by atoms with Crippen LogP contribution in [0.2, 0.25) is 0 Å². The van der Waals surface area contributed by atoms with Crippen LogP contribution in [0.4, 0.5) is 0 Å². The molecular formula is C14H20. The molecule has 0 aromatic rings. The van der Waals surface area contributed by atoms with Crippen LogP contribution >= 0.6 is 0 Å². The van der Waals surface area contributed by atoms with E-state index in [1.165, 1.54) is 38.5 Å². The van der Waals surface area contributed by atoms with E-state index in [1.54, 1.807) is 0 Å². The highest BCUT2D eigenvalue weighted by Crippen LogP contribution is 2.22. The largest absolute Gasteiger partial charge is 0.120 e. The van der Waals surface area contributed by atoms with Gasteiger partial charge in [0.1, 0.15) is 0 Å². The molecule has 0 N–H and O–H groups in total. The van der Waals surface area contributed by atoms with Crippen LogP contribution in [0, 0.1) is 30.1 Å². The topological polar surface area (TPSA) is 0 Å². The van der Waals surface area contributed by atoms with Gasteiger partial charge in [-0.15, -0.1) is 18.3 Å². The van der Waals surface area contributed by atoms with Crippen molar-refractivity contribution >= 4 is 0 Å². The van der Waals surface area contributed by atoms with Crippen molar-refractivity contribution in [2.24, 2.45) is 5.92 Å². The Morgan fingerprint density at radius 2 is 1.71 bits per heavy atom. The lowest BCUT2D eigenvalue weighted by molar-refractivity contribution is 0.430. The molecule has 14 heavy (non-hydrogen) atoms. The van der Waals surface area contributed by atoms with Crippen LogP contribution in [0.25, 0.3) is 0 Å². The second-order valence-corrected chi connectivity index (χ2v) is 4.07. The molecule has 1 fully saturated rings. The van der Waals surface area contributed by atoms with Crippen molar-refractivity contribution in [2.45, 2.75) is 57.8 Å². The molecule has 0 amide bonds. The molecule has 0 saturated heterocycles. The van der Waals surface area contributed by atoms with Crippen LogP contribution < -0.4 is 0 Å². The first-order valence-electron chi connectivity index (χ1n) is 5.85. The molecule has 76 valence electrons. The minimum atomic E-state index is 0.705. The summed E-state index contributed by atoms with van der Waals surface area (Å²) in [5, 5.41) is 0. The van der Waals surface area contributed by atoms with Crippen molar-refractivity contribution in [2.75, 3.05) is 0 Å². The molecule has 1 aliphatic carbocycles. The minimum Gasteiger partial charge on any atom is -0.120 e. The number of terminal acetylenes is 1. The Hall–Kier alpha value is -0.880. The summed E-state index contributed by atoms with van der Waals surface area (Å²) < 4.78 is 0. The first-order chi connectivity index (χ1) is 6.93. The van der Waals surface area contributed by atoms with Gasteiger partial charge in [0.2, 0.25) is 0 Å². The Morgan fingerprint density at radius 1 is 1.00 bits per heavy atom. The molecule has 0 spiro atoms. The minimum absolute atomic E-state index is 0.705. The third kappa shape index (κ3) is 4.98. The first-order valence-corrected chi connectivity index (χ1v) is 5.85. The highest BCUT2D eigenvalue weighted by molar-refractivity contribution is 5.04. The lowest BCUT2D eigenvalue weighted by Crippen LogP contribution is -2.02. The van der Waals surface area contributed by atoms with Crippen LogP contribution in [0.5, 0.6) is 0 Å². The zero-order valence-electron chi connectivity index (χ0n) is 9.02. The molecular weight excluding hydrogens is 168 g/mol. The fraction of sp³-hybridized carbons (Fsp3) is 0.714. The first kappa shape index (κ1) is 11.2. The Balaban J connectivity index is 2.04. The number of hydrogen-bond acceptors (Lipinski definition) is 0. The van der Waals surface area contributed by atoms with Gasteiger partial charge < -0.3 is 0 Å².